The summed E-state index contributed by atoms with van der Waals surface area (Å²) >= 11 is 1.75. The van der Waals surface area contributed by atoms with Gasteiger partial charge in [-0.1, -0.05) is 30.3 Å². The van der Waals surface area contributed by atoms with Crippen molar-refractivity contribution in [3.63, 3.8) is 0 Å². The van der Waals surface area contributed by atoms with E-state index < -0.39 is 0 Å². The van der Waals surface area contributed by atoms with Gasteiger partial charge in [-0.05, 0) is 37.1 Å². The highest BCUT2D eigenvalue weighted by Crippen LogP contribution is 2.33. The Morgan fingerprint density at radius 2 is 1.96 bits per heavy atom. The predicted molar refractivity (Wildman–Crippen MR) is 109 cm³/mol. The van der Waals surface area contributed by atoms with E-state index in [-0.39, 0.29) is 5.91 Å². The quantitative estimate of drug-likeness (QED) is 0.504. The Bertz CT molecular complexity index is 1100. The van der Waals surface area contributed by atoms with Crippen LogP contribution in [0.5, 0.6) is 0 Å². The van der Waals surface area contributed by atoms with Crippen LogP contribution >= 0.6 is 11.3 Å². The predicted octanol–water partition coefficient (Wildman–Crippen LogP) is 4.86. The maximum atomic E-state index is 13.2. The third kappa shape index (κ3) is 2.98. The van der Waals surface area contributed by atoms with Crippen molar-refractivity contribution in [1.82, 2.24) is 14.9 Å². The average Bonchev–Trinajstić information content (AvgIpc) is 3.17. The van der Waals surface area contributed by atoms with Crippen LogP contribution < -0.4 is 0 Å². The maximum absolute atomic E-state index is 13.2. The number of likely N-dealkylation sites (tertiary alicyclic amines) is 1. The fraction of sp³-hybridized carbons (Fsp3) is 0.227. The van der Waals surface area contributed by atoms with E-state index in [1.54, 1.807) is 17.5 Å². The van der Waals surface area contributed by atoms with Gasteiger partial charge in [-0.25, -0.2) is 4.98 Å². The first-order valence-corrected chi connectivity index (χ1v) is 10.1. The monoisotopic (exact) mass is 373 g/mol. The Balaban J connectivity index is 1.44. The molecule has 0 bridgehead atoms. The van der Waals surface area contributed by atoms with E-state index in [0.717, 1.165) is 47.4 Å². The van der Waals surface area contributed by atoms with Crippen LogP contribution in [-0.4, -0.2) is 33.9 Å². The maximum Gasteiger partial charge on any atom is 0.256 e. The van der Waals surface area contributed by atoms with Crippen LogP contribution in [0, 0.1) is 0 Å². The molecule has 5 heteroatoms. The molecular weight excluding hydrogens is 354 g/mol. The van der Waals surface area contributed by atoms with Gasteiger partial charge in [-0.3, -0.25) is 9.78 Å². The van der Waals surface area contributed by atoms with Crippen LogP contribution in [-0.2, 0) is 0 Å². The molecule has 0 N–H and O–H groups in total. The highest BCUT2D eigenvalue weighted by molar-refractivity contribution is 7.18. The van der Waals surface area contributed by atoms with Gasteiger partial charge >= 0.3 is 0 Å². The largest absolute Gasteiger partial charge is 0.338 e. The van der Waals surface area contributed by atoms with Gasteiger partial charge in [0.1, 0.15) is 0 Å². The number of amides is 1. The smallest absolute Gasteiger partial charge is 0.256 e. The molecule has 0 spiro atoms. The topological polar surface area (TPSA) is 46.1 Å². The van der Waals surface area contributed by atoms with E-state index in [0.29, 0.717) is 11.5 Å². The van der Waals surface area contributed by atoms with Crippen LogP contribution in [0.3, 0.4) is 0 Å². The Hall–Kier alpha value is -2.79. The molecule has 2 aromatic heterocycles. The van der Waals surface area contributed by atoms with E-state index in [9.17, 15) is 4.79 Å². The summed E-state index contributed by atoms with van der Waals surface area (Å²) in [5, 5.41) is 2.15. The number of para-hydroxylation sites is 2. The van der Waals surface area contributed by atoms with Crippen LogP contribution in [0.1, 0.15) is 34.1 Å². The average molecular weight is 373 g/mol. The number of carbonyl (C=O) groups is 1. The summed E-state index contributed by atoms with van der Waals surface area (Å²) in [6, 6.07) is 18.0. The summed E-state index contributed by atoms with van der Waals surface area (Å²) < 4.78 is 1.22. The van der Waals surface area contributed by atoms with Gasteiger partial charge in [-0.15, -0.1) is 11.3 Å². The van der Waals surface area contributed by atoms with E-state index in [2.05, 4.69) is 23.2 Å². The number of hydrogen-bond donors (Lipinski definition) is 0. The molecule has 1 amide bonds. The number of piperidine rings is 1. The summed E-state index contributed by atoms with van der Waals surface area (Å²) in [7, 11) is 0. The number of fused-ring (bicyclic) bond motifs is 2. The van der Waals surface area contributed by atoms with Gasteiger partial charge in [0.05, 0.1) is 26.3 Å². The summed E-state index contributed by atoms with van der Waals surface area (Å²) in [4.78, 5) is 24.5. The highest BCUT2D eigenvalue weighted by Gasteiger charge is 2.28. The number of rotatable bonds is 2. The number of carbonyl (C=O) groups excluding carboxylic acids is 1. The number of aromatic nitrogens is 2. The molecule has 0 aliphatic carbocycles. The zero-order valence-corrected chi connectivity index (χ0v) is 15.7. The second-order valence-electron chi connectivity index (χ2n) is 6.99. The molecule has 0 radical (unpaired) electrons. The van der Waals surface area contributed by atoms with E-state index in [1.165, 1.54) is 4.70 Å². The van der Waals surface area contributed by atoms with Crippen molar-refractivity contribution in [2.75, 3.05) is 13.1 Å². The minimum absolute atomic E-state index is 0.0742. The molecule has 0 unspecified atom stereocenters. The van der Waals surface area contributed by atoms with Gasteiger partial charge in [0.15, 0.2) is 0 Å². The molecular formula is C22H19N3OS. The minimum Gasteiger partial charge on any atom is -0.338 e. The van der Waals surface area contributed by atoms with Crippen LogP contribution in [0.15, 0.2) is 60.8 Å². The second-order valence-corrected chi connectivity index (χ2v) is 8.05. The molecule has 3 heterocycles. The van der Waals surface area contributed by atoms with Gasteiger partial charge < -0.3 is 4.90 Å². The van der Waals surface area contributed by atoms with Gasteiger partial charge in [0.2, 0.25) is 0 Å². The molecule has 1 fully saturated rings. The first-order chi connectivity index (χ1) is 13.3. The summed E-state index contributed by atoms with van der Waals surface area (Å²) in [5.74, 6) is 0.383. The summed E-state index contributed by atoms with van der Waals surface area (Å²) in [5.41, 5.74) is 2.53. The fourth-order valence-electron chi connectivity index (χ4n) is 3.87. The van der Waals surface area contributed by atoms with Crippen LogP contribution in [0.25, 0.3) is 21.1 Å². The van der Waals surface area contributed by atoms with Gasteiger partial charge in [0.25, 0.3) is 5.91 Å². The SMILES string of the molecule is O=C(c1cccc2cccnc12)N1CCC[C@@H](c2nc3ccccc3s2)C1. The Morgan fingerprint density at radius 1 is 1.07 bits per heavy atom. The standard InChI is InChI=1S/C22H19N3OS/c26-22(17-9-3-6-15-7-4-12-23-20(15)17)25-13-5-8-16(14-25)21-24-18-10-1-2-11-19(18)27-21/h1-4,6-7,9-12,16H,5,8,13-14H2/t16-/m1/s1. The molecule has 2 aromatic carbocycles. The molecule has 27 heavy (non-hydrogen) atoms. The van der Waals surface area contributed by atoms with Crippen molar-refractivity contribution in [3.8, 4) is 0 Å². The van der Waals surface area contributed by atoms with Crippen molar-refractivity contribution < 1.29 is 4.79 Å². The molecule has 5 rings (SSSR count). The molecule has 134 valence electrons. The minimum atomic E-state index is 0.0742. The number of thiazole rings is 1. The van der Waals surface area contributed by atoms with Crippen LogP contribution in [0.4, 0.5) is 0 Å². The Morgan fingerprint density at radius 3 is 2.89 bits per heavy atom. The number of hydrogen-bond acceptors (Lipinski definition) is 4. The number of pyridine rings is 1. The fourth-order valence-corrected chi connectivity index (χ4v) is 4.97. The summed E-state index contributed by atoms with van der Waals surface area (Å²) in [6.07, 6.45) is 3.83. The third-order valence-corrected chi connectivity index (χ3v) is 6.43. The second kappa shape index (κ2) is 6.74. The molecule has 1 aliphatic rings. The van der Waals surface area contributed by atoms with Crippen molar-refractivity contribution >= 4 is 38.4 Å². The van der Waals surface area contributed by atoms with Crippen LogP contribution in [0.2, 0.25) is 0 Å². The first-order valence-electron chi connectivity index (χ1n) is 9.28. The van der Waals surface area contributed by atoms with Crippen molar-refractivity contribution in [1.29, 1.82) is 0 Å². The van der Waals surface area contributed by atoms with Gasteiger partial charge in [-0.2, -0.15) is 0 Å². The zero-order valence-electron chi connectivity index (χ0n) is 14.8. The van der Waals surface area contributed by atoms with E-state index >= 15 is 0 Å². The van der Waals surface area contributed by atoms with Crippen molar-refractivity contribution in [2.24, 2.45) is 0 Å². The third-order valence-electron chi connectivity index (χ3n) is 5.23. The number of benzene rings is 2. The number of nitrogens with zero attached hydrogens (tertiary/aromatic N) is 3. The molecule has 1 atom stereocenters. The van der Waals surface area contributed by atoms with E-state index in [1.807, 2.05) is 41.3 Å². The normalized spacial score (nSPS) is 17.5. The van der Waals surface area contributed by atoms with Gasteiger partial charge in [0, 0.05) is 30.6 Å². The Labute approximate surface area is 161 Å². The molecule has 4 aromatic rings. The lowest BCUT2D eigenvalue weighted by Crippen LogP contribution is -2.39. The lowest BCUT2D eigenvalue weighted by molar-refractivity contribution is 0.0709. The van der Waals surface area contributed by atoms with Crippen molar-refractivity contribution in [3.05, 3.63) is 71.4 Å². The molecule has 4 nitrogen and oxygen atoms in total. The molecule has 1 aliphatic heterocycles. The zero-order chi connectivity index (χ0) is 18.2. The Kier molecular flexibility index (Phi) is 4.09. The first kappa shape index (κ1) is 16.4. The molecule has 1 saturated heterocycles. The lowest BCUT2D eigenvalue weighted by atomic mass is 9.97. The highest BCUT2D eigenvalue weighted by atomic mass is 32.1. The lowest BCUT2D eigenvalue weighted by Gasteiger charge is -2.32. The van der Waals surface area contributed by atoms with Crippen molar-refractivity contribution in [2.45, 2.75) is 18.8 Å². The molecule has 0 saturated carbocycles. The summed E-state index contributed by atoms with van der Waals surface area (Å²) in [6.45, 7) is 1.52. The van der Waals surface area contributed by atoms with E-state index in [4.69, 9.17) is 4.98 Å².